The fourth-order valence-electron chi connectivity index (χ4n) is 2.70. The van der Waals surface area contributed by atoms with Crippen molar-refractivity contribution in [3.63, 3.8) is 0 Å². The molecule has 22 heavy (non-hydrogen) atoms. The Morgan fingerprint density at radius 1 is 1.23 bits per heavy atom. The van der Waals surface area contributed by atoms with E-state index in [0.29, 0.717) is 30.0 Å². The number of hydrogen-bond acceptors (Lipinski definition) is 4. The molecular weight excluding hydrogens is 284 g/mol. The number of likely N-dealkylation sites (N-methyl/N-ethyl adjacent to an activating group) is 1. The lowest BCUT2D eigenvalue weighted by atomic mass is 10.1. The van der Waals surface area contributed by atoms with Crippen LogP contribution in [0.1, 0.15) is 23.2 Å². The average Bonchev–Trinajstić information content (AvgIpc) is 3.01. The van der Waals surface area contributed by atoms with Gasteiger partial charge in [0.15, 0.2) is 0 Å². The van der Waals surface area contributed by atoms with Gasteiger partial charge in [-0.3, -0.25) is 9.59 Å². The zero-order valence-corrected chi connectivity index (χ0v) is 13.5. The summed E-state index contributed by atoms with van der Waals surface area (Å²) in [5.74, 6) is 0.814. The number of nitrogens with zero attached hydrogens (tertiary/aromatic N) is 2. The van der Waals surface area contributed by atoms with Crippen LogP contribution < -0.4 is 9.47 Å². The third kappa shape index (κ3) is 3.00. The number of ether oxygens (including phenoxy) is 2. The first-order chi connectivity index (χ1) is 10.5. The molecule has 0 aliphatic carbocycles. The molecule has 120 valence electrons. The van der Waals surface area contributed by atoms with Gasteiger partial charge in [-0.25, -0.2) is 0 Å². The highest BCUT2D eigenvalue weighted by atomic mass is 16.5. The Labute approximate surface area is 130 Å². The van der Waals surface area contributed by atoms with Crippen LogP contribution in [0.15, 0.2) is 18.2 Å². The van der Waals surface area contributed by atoms with Gasteiger partial charge >= 0.3 is 0 Å². The highest BCUT2D eigenvalue weighted by Gasteiger charge is 2.36. The molecular formula is C16H22N2O4. The number of carbonyl (C=O) groups excluding carboxylic acids is 2. The predicted octanol–water partition coefficient (Wildman–Crippen LogP) is 1.40. The summed E-state index contributed by atoms with van der Waals surface area (Å²) in [5, 5.41) is 0. The Kier molecular flexibility index (Phi) is 4.90. The Balaban J connectivity index is 2.32. The van der Waals surface area contributed by atoms with Crippen molar-refractivity contribution >= 4 is 11.8 Å². The second kappa shape index (κ2) is 6.68. The van der Waals surface area contributed by atoms with Gasteiger partial charge in [-0.15, -0.1) is 0 Å². The van der Waals surface area contributed by atoms with E-state index < -0.39 is 6.04 Å². The first-order valence-corrected chi connectivity index (χ1v) is 7.23. The summed E-state index contributed by atoms with van der Waals surface area (Å²) in [4.78, 5) is 28.2. The SMILES string of the molecule is COc1ccc(OC)c(C(=O)N2CCCC2C(=O)N(C)C)c1. The van der Waals surface area contributed by atoms with Crippen molar-refractivity contribution in [3.05, 3.63) is 23.8 Å². The molecule has 2 rings (SSSR count). The van der Waals surface area contributed by atoms with Gasteiger partial charge in [0.2, 0.25) is 5.91 Å². The van der Waals surface area contributed by atoms with E-state index >= 15 is 0 Å². The summed E-state index contributed by atoms with van der Waals surface area (Å²) in [5.41, 5.74) is 0.417. The van der Waals surface area contributed by atoms with Gasteiger partial charge in [0.1, 0.15) is 17.5 Å². The van der Waals surface area contributed by atoms with Crippen LogP contribution in [-0.2, 0) is 4.79 Å². The molecule has 0 spiro atoms. The van der Waals surface area contributed by atoms with Crippen LogP contribution >= 0.6 is 0 Å². The molecule has 0 bridgehead atoms. The van der Waals surface area contributed by atoms with Crippen LogP contribution in [0.5, 0.6) is 11.5 Å². The molecule has 6 heteroatoms. The lowest BCUT2D eigenvalue weighted by molar-refractivity contribution is -0.132. The fraction of sp³-hybridized carbons (Fsp3) is 0.500. The molecule has 1 saturated heterocycles. The van der Waals surface area contributed by atoms with Crippen LogP contribution in [0.4, 0.5) is 0 Å². The minimum absolute atomic E-state index is 0.0484. The molecule has 1 aromatic rings. The molecule has 0 saturated carbocycles. The standard InChI is InChI=1S/C16H22N2O4/c1-17(2)16(20)13-6-5-9-18(13)15(19)12-10-11(21-3)7-8-14(12)22-4/h7-8,10,13H,5-6,9H2,1-4H3. The lowest BCUT2D eigenvalue weighted by Crippen LogP contribution is -2.45. The van der Waals surface area contributed by atoms with Crippen molar-refractivity contribution in [2.45, 2.75) is 18.9 Å². The zero-order valence-electron chi connectivity index (χ0n) is 13.5. The fourth-order valence-corrected chi connectivity index (χ4v) is 2.70. The van der Waals surface area contributed by atoms with E-state index in [2.05, 4.69) is 0 Å². The van der Waals surface area contributed by atoms with Crippen molar-refractivity contribution < 1.29 is 19.1 Å². The number of likely N-dealkylation sites (tertiary alicyclic amines) is 1. The number of amides is 2. The Morgan fingerprint density at radius 2 is 1.95 bits per heavy atom. The maximum Gasteiger partial charge on any atom is 0.258 e. The molecule has 1 unspecified atom stereocenters. The minimum Gasteiger partial charge on any atom is -0.497 e. The van der Waals surface area contributed by atoms with Crippen molar-refractivity contribution in [1.82, 2.24) is 9.80 Å². The second-order valence-electron chi connectivity index (χ2n) is 5.46. The van der Waals surface area contributed by atoms with Crippen LogP contribution in [-0.4, -0.2) is 62.5 Å². The molecule has 1 fully saturated rings. The maximum atomic E-state index is 12.9. The molecule has 6 nitrogen and oxygen atoms in total. The maximum absolute atomic E-state index is 12.9. The molecule has 1 heterocycles. The number of rotatable bonds is 4. The molecule has 0 radical (unpaired) electrons. The van der Waals surface area contributed by atoms with E-state index in [9.17, 15) is 9.59 Å². The normalized spacial score (nSPS) is 17.3. The summed E-state index contributed by atoms with van der Waals surface area (Å²) in [6.07, 6.45) is 1.51. The number of hydrogen-bond donors (Lipinski definition) is 0. The first-order valence-electron chi connectivity index (χ1n) is 7.23. The molecule has 0 aromatic heterocycles. The van der Waals surface area contributed by atoms with Gasteiger partial charge < -0.3 is 19.3 Å². The van der Waals surface area contributed by atoms with Crippen LogP contribution in [0.3, 0.4) is 0 Å². The molecule has 1 aliphatic heterocycles. The van der Waals surface area contributed by atoms with E-state index in [0.717, 1.165) is 6.42 Å². The van der Waals surface area contributed by atoms with Crippen molar-refractivity contribution in [2.24, 2.45) is 0 Å². The minimum atomic E-state index is -0.404. The molecule has 1 aromatic carbocycles. The second-order valence-corrected chi connectivity index (χ2v) is 5.46. The Bertz CT molecular complexity index is 571. The number of benzene rings is 1. The van der Waals surface area contributed by atoms with E-state index in [-0.39, 0.29) is 11.8 Å². The summed E-state index contributed by atoms with van der Waals surface area (Å²) in [7, 11) is 6.47. The van der Waals surface area contributed by atoms with Gasteiger partial charge in [-0.05, 0) is 31.0 Å². The third-order valence-electron chi connectivity index (χ3n) is 3.88. The highest BCUT2D eigenvalue weighted by molar-refractivity contribution is 6.00. The van der Waals surface area contributed by atoms with Crippen molar-refractivity contribution in [3.8, 4) is 11.5 Å². The number of carbonyl (C=O) groups is 2. The largest absolute Gasteiger partial charge is 0.497 e. The third-order valence-corrected chi connectivity index (χ3v) is 3.88. The topological polar surface area (TPSA) is 59.1 Å². The zero-order chi connectivity index (χ0) is 16.3. The monoisotopic (exact) mass is 306 g/mol. The number of methoxy groups -OCH3 is 2. The van der Waals surface area contributed by atoms with E-state index in [1.807, 2.05) is 0 Å². The van der Waals surface area contributed by atoms with Crippen LogP contribution in [0.2, 0.25) is 0 Å². The predicted molar refractivity (Wildman–Crippen MR) is 82.3 cm³/mol. The van der Waals surface area contributed by atoms with E-state index in [4.69, 9.17) is 9.47 Å². The van der Waals surface area contributed by atoms with Gasteiger partial charge in [0.05, 0.1) is 19.8 Å². The summed E-state index contributed by atoms with van der Waals surface area (Å²) >= 11 is 0. The van der Waals surface area contributed by atoms with Gasteiger partial charge in [0, 0.05) is 20.6 Å². The van der Waals surface area contributed by atoms with E-state index in [1.54, 1.807) is 44.3 Å². The van der Waals surface area contributed by atoms with Crippen LogP contribution in [0.25, 0.3) is 0 Å². The Hall–Kier alpha value is -2.24. The van der Waals surface area contributed by atoms with Crippen molar-refractivity contribution in [1.29, 1.82) is 0 Å². The van der Waals surface area contributed by atoms with E-state index in [1.165, 1.54) is 12.0 Å². The highest BCUT2D eigenvalue weighted by Crippen LogP contribution is 2.28. The van der Waals surface area contributed by atoms with Crippen LogP contribution in [0, 0.1) is 0 Å². The summed E-state index contributed by atoms with van der Waals surface area (Å²) in [6, 6.07) is 4.68. The summed E-state index contributed by atoms with van der Waals surface area (Å²) in [6.45, 7) is 0.573. The molecule has 1 aliphatic rings. The van der Waals surface area contributed by atoms with Gasteiger partial charge in [-0.2, -0.15) is 0 Å². The quantitative estimate of drug-likeness (QED) is 0.843. The van der Waals surface area contributed by atoms with Gasteiger partial charge in [0.25, 0.3) is 5.91 Å². The molecule has 0 N–H and O–H groups in total. The van der Waals surface area contributed by atoms with Crippen molar-refractivity contribution in [2.75, 3.05) is 34.9 Å². The van der Waals surface area contributed by atoms with Gasteiger partial charge in [-0.1, -0.05) is 0 Å². The average molecular weight is 306 g/mol. The molecule has 2 amide bonds. The Morgan fingerprint density at radius 3 is 2.55 bits per heavy atom. The molecule has 1 atom stereocenters. The first kappa shape index (κ1) is 16.1. The summed E-state index contributed by atoms with van der Waals surface area (Å²) < 4.78 is 10.4. The smallest absolute Gasteiger partial charge is 0.258 e. The lowest BCUT2D eigenvalue weighted by Gasteiger charge is -2.26.